The maximum Gasteiger partial charge on any atom is 0.237 e. The molecular weight excluding hydrogens is 378 g/mol. The van der Waals surface area contributed by atoms with Gasteiger partial charge in [-0.2, -0.15) is 4.68 Å². The molecule has 1 N–H and O–H groups in total. The zero-order chi connectivity index (χ0) is 19.7. The first-order valence-electron chi connectivity index (χ1n) is 8.74. The van der Waals surface area contributed by atoms with Crippen molar-refractivity contribution >= 4 is 23.4 Å². The lowest BCUT2D eigenvalue weighted by molar-refractivity contribution is -0.115. The van der Waals surface area contributed by atoms with Gasteiger partial charge >= 0.3 is 0 Å². The summed E-state index contributed by atoms with van der Waals surface area (Å²) in [5.41, 5.74) is 3.71. The molecule has 0 spiro atoms. The number of benzene rings is 2. The topological polar surface area (TPSA) is 91.2 Å². The normalized spacial score (nSPS) is 13.4. The first-order valence-corrected chi connectivity index (χ1v) is 9.62. The summed E-state index contributed by atoms with van der Waals surface area (Å²) in [4.78, 5) is 12.6. The highest BCUT2D eigenvalue weighted by atomic mass is 32.2. The van der Waals surface area contributed by atoms with Gasteiger partial charge in [-0.1, -0.05) is 23.9 Å². The van der Waals surface area contributed by atoms with E-state index in [0.717, 1.165) is 16.8 Å². The molecule has 1 aliphatic rings. The van der Waals surface area contributed by atoms with E-state index in [1.807, 2.05) is 39.0 Å². The van der Waals surface area contributed by atoms with Gasteiger partial charge in [0.1, 0.15) is 0 Å². The Balaban J connectivity index is 1.48. The molecule has 0 unspecified atom stereocenters. The van der Waals surface area contributed by atoms with Gasteiger partial charge in [-0.25, -0.2) is 0 Å². The van der Waals surface area contributed by atoms with Crippen molar-refractivity contribution in [2.45, 2.75) is 31.2 Å². The number of ether oxygens (including phenoxy) is 2. The van der Waals surface area contributed by atoms with Gasteiger partial charge in [0.05, 0.1) is 10.9 Å². The van der Waals surface area contributed by atoms with Crippen molar-refractivity contribution in [3.8, 4) is 17.2 Å². The minimum absolute atomic E-state index is 0.153. The third-order valence-corrected chi connectivity index (χ3v) is 5.36. The second-order valence-corrected chi connectivity index (χ2v) is 7.79. The standard InChI is InChI=1S/C19H19N5O3S/c1-11-4-5-12(2)15(8-11)24-19(21-22-23-24)28-13(3)18(25)20-14-6-7-16-17(9-14)27-10-26-16/h4-9,13H,10H2,1-3H3,(H,20,25)/t13-/m1/s1. The zero-order valence-electron chi connectivity index (χ0n) is 15.7. The number of hydrogen-bond donors (Lipinski definition) is 1. The Morgan fingerprint density at radius 3 is 2.86 bits per heavy atom. The molecule has 8 nitrogen and oxygen atoms in total. The summed E-state index contributed by atoms with van der Waals surface area (Å²) in [6.07, 6.45) is 0. The van der Waals surface area contributed by atoms with E-state index in [9.17, 15) is 4.79 Å². The molecule has 2 heterocycles. The maximum absolute atomic E-state index is 12.6. The average Bonchev–Trinajstić information content (AvgIpc) is 3.32. The van der Waals surface area contributed by atoms with Gasteiger partial charge in [-0.15, -0.1) is 5.10 Å². The molecule has 0 saturated heterocycles. The molecule has 1 atom stereocenters. The minimum Gasteiger partial charge on any atom is -0.454 e. The van der Waals surface area contributed by atoms with E-state index in [4.69, 9.17) is 9.47 Å². The van der Waals surface area contributed by atoms with Crippen LogP contribution in [0.1, 0.15) is 18.1 Å². The van der Waals surface area contributed by atoms with Gasteiger partial charge < -0.3 is 14.8 Å². The van der Waals surface area contributed by atoms with Gasteiger partial charge in [0.15, 0.2) is 11.5 Å². The molecule has 28 heavy (non-hydrogen) atoms. The van der Waals surface area contributed by atoms with E-state index in [2.05, 4.69) is 20.8 Å². The van der Waals surface area contributed by atoms with E-state index < -0.39 is 5.25 Å². The van der Waals surface area contributed by atoms with Crippen LogP contribution in [0.4, 0.5) is 5.69 Å². The molecule has 1 aliphatic heterocycles. The number of carbonyl (C=O) groups excluding carboxylic acids is 1. The van der Waals surface area contributed by atoms with Crippen LogP contribution in [-0.2, 0) is 4.79 Å². The summed E-state index contributed by atoms with van der Waals surface area (Å²) in [5.74, 6) is 1.14. The van der Waals surface area contributed by atoms with Crippen LogP contribution in [0.5, 0.6) is 11.5 Å². The van der Waals surface area contributed by atoms with Gasteiger partial charge in [0.2, 0.25) is 17.9 Å². The fourth-order valence-electron chi connectivity index (χ4n) is 2.78. The molecular formula is C19H19N5O3S. The molecule has 4 rings (SSSR count). The predicted octanol–water partition coefficient (Wildman–Crippen LogP) is 3.13. The van der Waals surface area contributed by atoms with Crippen molar-refractivity contribution in [3.05, 3.63) is 47.5 Å². The van der Waals surface area contributed by atoms with E-state index >= 15 is 0 Å². The second-order valence-electron chi connectivity index (χ2n) is 6.48. The summed E-state index contributed by atoms with van der Waals surface area (Å²) >= 11 is 1.30. The lowest BCUT2D eigenvalue weighted by Gasteiger charge is -2.13. The van der Waals surface area contributed by atoms with Gasteiger partial charge in [0, 0.05) is 11.8 Å². The molecule has 2 aromatic carbocycles. The highest BCUT2D eigenvalue weighted by Gasteiger charge is 2.21. The quantitative estimate of drug-likeness (QED) is 0.661. The number of anilines is 1. The van der Waals surface area contributed by atoms with Crippen molar-refractivity contribution in [1.29, 1.82) is 0 Å². The lowest BCUT2D eigenvalue weighted by Crippen LogP contribution is -2.23. The number of aryl methyl sites for hydroxylation is 2. The Bertz CT molecular complexity index is 1040. The fourth-order valence-corrected chi connectivity index (χ4v) is 3.58. The third kappa shape index (κ3) is 3.65. The Hall–Kier alpha value is -3.07. The second kappa shape index (κ2) is 7.51. The third-order valence-electron chi connectivity index (χ3n) is 4.33. The number of carbonyl (C=O) groups is 1. The summed E-state index contributed by atoms with van der Waals surface area (Å²) in [6, 6.07) is 11.4. The molecule has 9 heteroatoms. The molecule has 1 aromatic heterocycles. The number of tetrazole rings is 1. The van der Waals surface area contributed by atoms with E-state index in [1.165, 1.54) is 11.8 Å². The smallest absolute Gasteiger partial charge is 0.237 e. The zero-order valence-corrected chi connectivity index (χ0v) is 16.5. The Morgan fingerprint density at radius 2 is 2.00 bits per heavy atom. The van der Waals surface area contributed by atoms with Crippen LogP contribution in [0, 0.1) is 13.8 Å². The average molecular weight is 397 g/mol. The number of aromatic nitrogens is 4. The first-order chi connectivity index (χ1) is 13.5. The largest absolute Gasteiger partial charge is 0.454 e. The molecule has 0 fully saturated rings. The predicted molar refractivity (Wildman–Crippen MR) is 105 cm³/mol. The van der Waals surface area contributed by atoms with Crippen LogP contribution in [0.15, 0.2) is 41.6 Å². The van der Waals surface area contributed by atoms with E-state index in [0.29, 0.717) is 22.3 Å². The lowest BCUT2D eigenvalue weighted by atomic mass is 10.1. The molecule has 0 saturated carbocycles. The van der Waals surface area contributed by atoms with E-state index in [1.54, 1.807) is 22.9 Å². The van der Waals surface area contributed by atoms with Gasteiger partial charge in [-0.05, 0) is 60.5 Å². The number of nitrogens with zero attached hydrogens (tertiary/aromatic N) is 4. The number of fused-ring (bicyclic) bond motifs is 1. The number of amides is 1. The molecule has 3 aromatic rings. The SMILES string of the molecule is Cc1ccc(C)c(-n2nnnc2S[C@H](C)C(=O)Nc2ccc3c(c2)OCO3)c1. The Labute approximate surface area is 166 Å². The minimum atomic E-state index is -0.403. The monoisotopic (exact) mass is 397 g/mol. The highest BCUT2D eigenvalue weighted by Crippen LogP contribution is 2.34. The fraction of sp³-hybridized carbons (Fsp3) is 0.263. The van der Waals surface area contributed by atoms with Crippen LogP contribution in [0.3, 0.4) is 0 Å². The van der Waals surface area contributed by atoms with E-state index in [-0.39, 0.29) is 12.7 Å². The van der Waals surface area contributed by atoms with Crippen LogP contribution >= 0.6 is 11.8 Å². The molecule has 144 valence electrons. The van der Waals surface area contributed by atoms with Crippen molar-refractivity contribution in [2.75, 3.05) is 12.1 Å². The van der Waals surface area contributed by atoms with Crippen LogP contribution in [0.2, 0.25) is 0 Å². The van der Waals surface area contributed by atoms with Gasteiger partial charge in [0.25, 0.3) is 0 Å². The number of thioether (sulfide) groups is 1. The molecule has 1 amide bonds. The van der Waals surface area contributed by atoms with Crippen LogP contribution in [-0.4, -0.2) is 38.2 Å². The molecule has 0 radical (unpaired) electrons. The first kappa shape index (κ1) is 18.3. The van der Waals surface area contributed by atoms with Gasteiger partial charge in [-0.3, -0.25) is 4.79 Å². The summed E-state index contributed by atoms with van der Waals surface area (Å²) in [7, 11) is 0. The van der Waals surface area contributed by atoms with Crippen LogP contribution in [0.25, 0.3) is 5.69 Å². The van der Waals surface area contributed by atoms with Crippen molar-refractivity contribution in [3.63, 3.8) is 0 Å². The molecule has 0 bridgehead atoms. The van der Waals surface area contributed by atoms with Crippen LogP contribution < -0.4 is 14.8 Å². The number of rotatable bonds is 5. The Kier molecular flexibility index (Phi) is 4.91. The van der Waals surface area contributed by atoms with Crippen molar-refractivity contribution in [2.24, 2.45) is 0 Å². The summed E-state index contributed by atoms with van der Waals surface area (Å²) in [5, 5.41) is 15.0. The number of hydrogen-bond acceptors (Lipinski definition) is 7. The molecule has 0 aliphatic carbocycles. The summed E-state index contributed by atoms with van der Waals surface area (Å²) in [6.45, 7) is 6.03. The Morgan fingerprint density at radius 1 is 1.18 bits per heavy atom. The highest BCUT2D eigenvalue weighted by molar-refractivity contribution is 8.00. The number of nitrogens with one attached hydrogen (secondary N) is 1. The van der Waals surface area contributed by atoms with Crippen molar-refractivity contribution < 1.29 is 14.3 Å². The maximum atomic E-state index is 12.6. The summed E-state index contributed by atoms with van der Waals surface area (Å²) < 4.78 is 12.3. The van der Waals surface area contributed by atoms with Crippen molar-refractivity contribution in [1.82, 2.24) is 20.2 Å².